The van der Waals surface area contributed by atoms with E-state index in [4.69, 9.17) is 14.7 Å². The van der Waals surface area contributed by atoms with Crippen molar-refractivity contribution < 1.29 is 29.4 Å². The summed E-state index contributed by atoms with van der Waals surface area (Å²) in [5.74, 6) is 0.153. The summed E-state index contributed by atoms with van der Waals surface area (Å²) in [6.07, 6.45) is 2.94. The van der Waals surface area contributed by atoms with Gasteiger partial charge in [0, 0.05) is 37.1 Å². The third-order valence-corrected chi connectivity index (χ3v) is 8.54. The maximum absolute atomic E-state index is 12.2. The molecule has 0 bridgehead atoms. The van der Waals surface area contributed by atoms with Crippen LogP contribution in [0.2, 0.25) is 0 Å². The van der Waals surface area contributed by atoms with Gasteiger partial charge in [0.15, 0.2) is 11.4 Å². The van der Waals surface area contributed by atoms with Gasteiger partial charge in [-0.05, 0) is 46.7 Å². The highest BCUT2D eigenvalue weighted by Gasteiger charge is 2.32. The molecule has 1 fully saturated rings. The van der Waals surface area contributed by atoms with Gasteiger partial charge in [-0.15, -0.1) is 0 Å². The van der Waals surface area contributed by atoms with Gasteiger partial charge in [-0.25, -0.2) is 10.5 Å². The zero-order valence-corrected chi connectivity index (χ0v) is 25.5. The van der Waals surface area contributed by atoms with Gasteiger partial charge >= 0.3 is 0 Å². The molecular formula is C33H37N5O6S. The van der Waals surface area contributed by atoms with Crippen LogP contribution in [-0.2, 0) is 32.2 Å². The molecule has 2 heterocycles. The van der Waals surface area contributed by atoms with Crippen LogP contribution in [-0.4, -0.2) is 49.2 Å². The van der Waals surface area contributed by atoms with Crippen molar-refractivity contribution in [1.82, 2.24) is 26.0 Å². The molecule has 5 N–H and O–H groups in total. The number of hydrogen-bond acceptors (Lipinski definition) is 9. The number of amides is 2. The van der Waals surface area contributed by atoms with Crippen LogP contribution in [0.1, 0.15) is 66.8 Å². The molecule has 45 heavy (non-hydrogen) atoms. The van der Waals surface area contributed by atoms with E-state index in [0.29, 0.717) is 38.0 Å². The van der Waals surface area contributed by atoms with Crippen LogP contribution in [0.25, 0.3) is 11.1 Å². The second-order valence-corrected chi connectivity index (χ2v) is 11.8. The molecule has 0 unspecified atom stereocenters. The molecule has 0 saturated carbocycles. The standard InChI is InChI=1S/C33H37N5O6S/c39-19-22-8-10-25(11-9-22)29-17-28(20-45-33-35-21-36-37-33)43-32(44-29)26-14-12-24(13-15-26)27-5-3-4-23(16-27)18-34-30(40)6-1-2-7-31(41)38-42/h3-5,8-16,21,28-29,32,39,42H,1-2,6-7,17-20H2,(H,34,40)(H,38,41)(H,35,36,37)/t28-,29+,32+/m1/s1. The van der Waals surface area contributed by atoms with Gasteiger partial charge in [0.25, 0.3) is 0 Å². The number of carbonyl (C=O) groups is 2. The fraction of sp³-hybridized carbons (Fsp3) is 0.333. The maximum Gasteiger partial charge on any atom is 0.243 e. The lowest BCUT2D eigenvalue weighted by molar-refractivity contribution is -0.245. The summed E-state index contributed by atoms with van der Waals surface area (Å²) < 4.78 is 12.9. The summed E-state index contributed by atoms with van der Waals surface area (Å²) in [7, 11) is 0. The molecule has 3 atom stereocenters. The van der Waals surface area contributed by atoms with Crippen LogP contribution in [0.4, 0.5) is 0 Å². The molecule has 1 aliphatic heterocycles. The number of nitrogens with zero attached hydrogens (tertiary/aromatic N) is 2. The van der Waals surface area contributed by atoms with Gasteiger partial charge in [0.05, 0.1) is 18.8 Å². The molecule has 0 radical (unpaired) electrons. The molecule has 0 aliphatic carbocycles. The van der Waals surface area contributed by atoms with Crippen LogP contribution in [0.5, 0.6) is 0 Å². The predicted octanol–water partition coefficient (Wildman–Crippen LogP) is 4.98. The fourth-order valence-electron chi connectivity index (χ4n) is 5.07. The smallest absolute Gasteiger partial charge is 0.243 e. The van der Waals surface area contributed by atoms with Gasteiger partial charge in [0.2, 0.25) is 11.8 Å². The Morgan fingerprint density at radius 3 is 2.38 bits per heavy atom. The summed E-state index contributed by atoms with van der Waals surface area (Å²) in [6.45, 7) is 0.396. The Hall–Kier alpha value is -4.07. The van der Waals surface area contributed by atoms with E-state index in [1.165, 1.54) is 6.33 Å². The van der Waals surface area contributed by atoms with Gasteiger partial charge < -0.3 is 19.9 Å². The first-order valence-electron chi connectivity index (χ1n) is 14.9. The van der Waals surface area contributed by atoms with E-state index >= 15 is 0 Å². The van der Waals surface area contributed by atoms with Crippen LogP contribution in [0, 0.1) is 0 Å². The number of hydroxylamine groups is 1. The summed E-state index contributed by atoms with van der Waals surface area (Å²) >= 11 is 1.56. The number of thioether (sulfide) groups is 1. The second kappa shape index (κ2) is 16.3. The van der Waals surface area contributed by atoms with E-state index in [2.05, 4.69) is 26.6 Å². The average molecular weight is 632 g/mol. The average Bonchev–Trinajstić information content (AvgIpc) is 3.62. The number of aliphatic hydroxyl groups is 1. The number of nitrogens with one attached hydrogen (secondary N) is 3. The molecule has 1 saturated heterocycles. The van der Waals surface area contributed by atoms with Crippen molar-refractivity contribution in [3.63, 3.8) is 0 Å². The number of aromatic amines is 1. The van der Waals surface area contributed by atoms with Crippen molar-refractivity contribution in [2.45, 2.75) is 68.9 Å². The lowest BCUT2D eigenvalue weighted by Crippen LogP contribution is -2.31. The highest BCUT2D eigenvalue weighted by molar-refractivity contribution is 7.99. The van der Waals surface area contributed by atoms with E-state index in [9.17, 15) is 14.7 Å². The van der Waals surface area contributed by atoms with E-state index < -0.39 is 12.2 Å². The van der Waals surface area contributed by atoms with Gasteiger partial charge in [-0.3, -0.25) is 19.9 Å². The van der Waals surface area contributed by atoms with Crippen LogP contribution >= 0.6 is 11.8 Å². The number of benzene rings is 3. The Morgan fingerprint density at radius 2 is 1.67 bits per heavy atom. The third-order valence-electron chi connectivity index (χ3n) is 7.53. The highest BCUT2D eigenvalue weighted by atomic mass is 32.2. The summed E-state index contributed by atoms with van der Waals surface area (Å²) in [5, 5.41) is 28.5. The molecule has 236 valence electrons. The van der Waals surface area contributed by atoms with Crippen molar-refractivity contribution in [3.05, 3.63) is 101 Å². The first kappa shape index (κ1) is 32.3. The van der Waals surface area contributed by atoms with Crippen molar-refractivity contribution in [1.29, 1.82) is 0 Å². The largest absolute Gasteiger partial charge is 0.392 e. The van der Waals surface area contributed by atoms with Gasteiger partial charge in [-0.1, -0.05) is 78.5 Å². The molecule has 1 aromatic heterocycles. The van der Waals surface area contributed by atoms with E-state index in [0.717, 1.165) is 38.5 Å². The lowest BCUT2D eigenvalue weighted by atomic mass is 9.99. The number of carbonyl (C=O) groups excluding carboxylic acids is 2. The lowest BCUT2D eigenvalue weighted by Gasteiger charge is -2.36. The molecule has 4 aromatic rings. The maximum atomic E-state index is 12.2. The second-order valence-electron chi connectivity index (χ2n) is 10.8. The summed E-state index contributed by atoms with van der Waals surface area (Å²) in [4.78, 5) is 27.5. The minimum Gasteiger partial charge on any atom is -0.392 e. The van der Waals surface area contributed by atoms with Crippen molar-refractivity contribution in [2.75, 3.05) is 5.75 Å². The fourth-order valence-corrected chi connectivity index (χ4v) is 5.87. The van der Waals surface area contributed by atoms with Crippen LogP contribution < -0.4 is 10.8 Å². The number of aromatic nitrogens is 3. The summed E-state index contributed by atoms with van der Waals surface area (Å²) in [5.41, 5.74) is 7.42. The monoisotopic (exact) mass is 631 g/mol. The molecule has 12 heteroatoms. The first-order chi connectivity index (χ1) is 22.0. The van der Waals surface area contributed by atoms with Gasteiger partial charge in [-0.2, -0.15) is 5.10 Å². The Labute approximate surface area is 265 Å². The molecule has 5 rings (SSSR count). The van der Waals surface area contributed by atoms with Crippen molar-refractivity contribution >= 4 is 23.6 Å². The van der Waals surface area contributed by atoms with E-state index in [1.54, 1.807) is 17.2 Å². The first-order valence-corrected chi connectivity index (χ1v) is 15.9. The van der Waals surface area contributed by atoms with Gasteiger partial charge in [0.1, 0.15) is 6.33 Å². The Balaban J connectivity index is 1.21. The quantitative estimate of drug-likeness (QED) is 0.0560. The molecular weight excluding hydrogens is 594 g/mol. The van der Waals surface area contributed by atoms with Crippen molar-refractivity contribution in [3.8, 4) is 11.1 Å². The Kier molecular flexibility index (Phi) is 11.7. The number of unbranched alkanes of at least 4 members (excludes halogenated alkanes) is 1. The molecule has 3 aromatic carbocycles. The van der Waals surface area contributed by atoms with Crippen molar-refractivity contribution in [2.24, 2.45) is 0 Å². The van der Waals surface area contributed by atoms with Crippen LogP contribution in [0.3, 0.4) is 0 Å². The number of H-pyrrole nitrogens is 1. The highest BCUT2D eigenvalue weighted by Crippen LogP contribution is 2.39. The number of ether oxygens (including phenoxy) is 2. The zero-order valence-electron chi connectivity index (χ0n) is 24.7. The summed E-state index contributed by atoms with van der Waals surface area (Å²) in [6, 6.07) is 24.0. The number of rotatable bonds is 14. The normalized spacial score (nSPS) is 18.0. The third kappa shape index (κ3) is 9.46. The number of aliphatic hydroxyl groups excluding tert-OH is 1. The predicted molar refractivity (Wildman–Crippen MR) is 168 cm³/mol. The van der Waals surface area contributed by atoms with E-state index in [-0.39, 0.29) is 31.1 Å². The molecule has 2 amide bonds. The minimum atomic E-state index is -0.560. The molecule has 0 spiro atoms. The molecule has 1 aliphatic rings. The minimum absolute atomic E-state index is 0.00701. The number of hydrogen-bond donors (Lipinski definition) is 5. The topological polar surface area (TPSA) is 159 Å². The SMILES string of the molecule is O=C(CCCCC(=O)NCc1cccc(-c2ccc([C@H]3O[C@@H](CSc4ncn[nH]4)C[C@@H](c4ccc(CO)cc4)O3)cc2)c1)NO. The molecule has 11 nitrogen and oxygen atoms in total. The van der Waals surface area contributed by atoms with Crippen LogP contribution in [0.15, 0.2) is 84.3 Å². The Bertz CT molecular complexity index is 1520. The Morgan fingerprint density at radius 1 is 0.911 bits per heavy atom. The zero-order chi connectivity index (χ0) is 31.4. The van der Waals surface area contributed by atoms with E-state index in [1.807, 2.05) is 66.7 Å².